The van der Waals surface area contributed by atoms with E-state index in [4.69, 9.17) is 4.74 Å². The minimum Gasteiger partial charge on any atom is -0.363 e. The van der Waals surface area contributed by atoms with E-state index < -0.39 is 10.8 Å². The number of hydrogen-bond acceptors (Lipinski definition) is 2. The average Bonchev–Trinajstić information content (AvgIpc) is 2.40. The van der Waals surface area contributed by atoms with E-state index in [9.17, 15) is 8.60 Å². The lowest BCUT2D eigenvalue weighted by Gasteiger charge is -2.04. The fourth-order valence-electron chi connectivity index (χ4n) is 1.46. The van der Waals surface area contributed by atoms with E-state index in [1.807, 2.05) is 30.3 Å². The van der Waals surface area contributed by atoms with Crippen molar-refractivity contribution in [2.75, 3.05) is 5.94 Å². The monoisotopic (exact) mass is 264 g/mol. The Labute approximate surface area is 108 Å². The zero-order chi connectivity index (χ0) is 12.8. The molecule has 0 aromatic heterocycles. The van der Waals surface area contributed by atoms with Crippen LogP contribution < -0.4 is 0 Å². The molecule has 0 amide bonds. The van der Waals surface area contributed by atoms with Crippen LogP contribution in [0.4, 0.5) is 4.39 Å². The standard InChI is InChI=1S/C14H13FO2S/c15-13-6-8-14(9-7-13)18(16)11-17-10-12-4-2-1-3-5-12/h1-9H,10-11H2. The minimum atomic E-state index is -1.25. The van der Waals surface area contributed by atoms with Gasteiger partial charge in [0.25, 0.3) is 0 Å². The van der Waals surface area contributed by atoms with Crippen molar-refractivity contribution in [1.29, 1.82) is 0 Å². The Morgan fingerprint density at radius 2 is 1.67 bits per heavy atom. The Morgan fingerprint density at radius 1 is 1.00 bits per heavy atom. The number of hydrogen-bond donors (Lipinski definition) is 0. The van der Waals surface area contributed by atoms with Crippen LogP contribution in [0.1, 0.15) is 5.56 Å². The first kappa shape index (κ1) is 12.9. The normalized spacial score (nSPS) is 12.3. The molecule has 94 valence electrons. The van der Waals surface area contributed by atoms with Crippen LogP contribution in [0.2, 0.25) is 0 Å². The molecule has 0 spiro atoms. The van der Waals surface area contributed by atoms with Crippen LogP contribution in [-0.2, 0) is 22.1 Å². The largest absolute Gasteiger partial charge is 0.363 e. The molecule has 1 unspecified atom stereocenters. The Balaban J connectivity index is 1.84. The van der Waals surface area contributed by atoms with Crippen LogP contribution in [0.25, 0.3) is 0 Å². The summed E-state index contributed by atoms with van der Waals surface area (Å²) in [5.41, 5.74) is 1.04. The smallest absolute Gasteiger partial charge is 0.127 e. The van der Waals surface area contributed by atoms with Gasteiger partial charge in [0.1, 0.15) is 11.8 Å². The summed E-state index contributed by atoms with van der Waals surface area (Å²) in [6, 6.07) is 15.3. The van der Waals surface area contributed by atoms with Crippen molar-refractivity contribution in [2.24, 2.45) is 0 Å². The van der Waals surface area contributed by atoms with Crippen molar-refractivity contribution < 1.29 is 13.3 Å². The van der Waals surface area contributed by atoms with E-state index in [0.29, 0.717) is 11.5 Å². The molecule has 4 heteroatoms. The summed E-state index contributed by atoms with van der Waals surface area (Å²) in [5.74, 6) is -0.221. The molecule has 0 saturated carbocycles. The van der Waals surface area contributed by atoms with Crippen LogP contribution in [0.3, 0.4) is 0 Å². The first-order chi connectivity index (χ1) is 8.75. The topological polar surface area (TPSA) is 26.3 Å². The van der Waals surface area contributed by atoms with E-state index in [0.717, 1.165) is 5.56 Å². The quantitative estimate of drug-likeness (QED) is 0.829. The predicted octanol–water partition coefficient (Wildman–Crippen LogP) is 3.11. The molecular formula is C14H13FO2S. The Hall–Kier alpha value is -1.52. The van der Waals surface area contributed by atoms with Gasteiger partial charge in [0.15, 0.2) is 0 Å². The van der Waals surface area contributed by atoms with Crippen LogP contribution in [0.15, 0.2) is 59.5 Å². The minimum absolute atomic E-state index is 0.112. The Bertz CT molecular complexity index is 511. The van der Waals surface area contributed by atoms with E-state index in [-0.39, 0.29) is 11.8 Å². The summed E-state index contributed by atoms with van der Waals surface area (Å²) in [4.78, 5) is 0.574. The SMILES string of the molecule is O=S(COCc1ccccc1)c1ccc(F)cc1. The van der Waals surface area contributed by atoms with Gasteiger partial charge < -0.3 is 4.74 Å². The van der Waals surface area contributed by atoms with Crippen molar-refractivity contribution >= 4 is 10.8 Å². The average molecular weight is 264 g/mol. The lowest BCUT2D eigenvalue weighted by atomic mass is 10.2. The van der Waals surface area contributed by atoms with E-state index >= 15 is 0 Å². The summed E-state index contributed by atoms with van der Waals surface area (Å²) >= 11 is 0. The fraction of sp³-hybridized carbons (Fsp3) is 0.143. The molecule has 0 fully saturated rings. The van der Waals surface area contributed by atoms with Gasteiger partial charge in [0.05, 0.1) is 17.4 Å². The maximum absolute atomic E-state index is 12.7. The molecule has 0 heterocycles. The van der Waals surface area contributed by atoms with Crippen LogP contribution >= 0.6 is 0 Å². The highest BCUT2D eigenvalue weighted by Gasteiger charge is 2.04. The molecule has 18 heavy (non-hydrogen) atoms. The maximum Gasteiger partial charge on any atom is 0.127 e. The van der Waals surface area contributed by atoms with Crippen molar-refractivity contribution in [3.8, 4) is 0 Å². The van der Waals surface area contributed by atoms with Crippen molar-refractivity contribution in [2.45, 2.75) is 11.5 Å². The molecule has 2 aromatic carbocycles. The fourth-order valence-corrected chi connectivity index (χ4v) is 2.27. The summed E-state index contributed by atoms with van der Waals surface area (Å²) in [6.07, 6.45) is 0. The second-order valence-corrected chi connectivity index (χ2v) is 5.15. The van der Waals surface area contributed by atoms with E-state index in [1.165, 1.54) is 24.3 Å². The van der Waals surface area contributed by atoms with E-state index in [2.05, 4.69) is 0 Å². The molecule has 0 aliphatic heterocycles. The molecule has 2 nitrogen and oxygen atoms in total. The van der Waals surface area contributed by atoms with Gasteiger partial charge in [-0.2, -0.15) is 0 Å². The van der Waals surface area contributed by atoms with Gasteiger partial charge in [-0.3, -0.25) is 4.21 Å². The second kappa shape index (κ2) is 6.42. The molecule has 0 aliphatic carbocycles. The van der Waals surface area contributed by atoms with Crippen LogP contribution in [-0.4, -0.2) is 10.1 Å². The van der Waals surface area contributed by atoms with Crippen molar-refractivity contribution in [3.05, 3.63) is 66.0 Å². The van der Waals surface area contributed by atoms with Gasteiger partial charge in [-0.1, -0.05) is 30.3 Å². The number of rotatable bonds is 5. The third-order valence-electron chi connectivity index (χ3n) is 2.38. The first-order valence-electron chi connectivity index (χ1n) is 5.51. The first-order valence-corrected chi connectivity index (χ1v) is 6.83. The second-order valence-electron chi connectivity index (χ2n) is 3.75. The zero-order valence-electron chi connectivity index (χ0n) is 9.71. The lowest BCUT2D eigenvalue weighted by molar-refractivity contribution is 0.166. The van der Waals surface area contributed by atoms with Gasteiger partial charge in [-0.05, 0) is 29.8 Å². The highest BCUT2D eigenvalue weighted by Crippen LogP contribution is 2.09. The zero-order valence-corrected chi connectivity index (χ0v) is 10.5. The highest BCUT2D eigenvalue weighted by atomic mass is 32.2. The van der Waals surface area contributed by atoms with Crippen LogP contribution in [0.5, 0.6) is 0 Å². The molecule has 1 atom stereocenters. The molecule has 0 saturated heterocycles. The van der Waals surface area contributed by atoms with Gasteiger partial charge in [-0.25, -0.2) is 4.39 Å². The lowest BCUT2D eigenvalue weighted by Crippen LogP contribution is -2.03. The Kier molecular flexibility index (Phi) is 4.61. The molecule has 0 radical (unpaired) electrons. The van der Waals surface area contributed by atoms with Crippen molar-refractivity contribution in [3.63, 3.8) is 0 Å². The third kappa shape index (κ3) is 3.75. The highest BCUT2D eigenvalue weighted by molar-refractivity contribution is 7.84. The Morgan fingerprint density at radius 3 is 2.33 bits per heavy atom. The van der Waals surface area contributed by atoms with Gasteiger partial charge in [0, 0.05) is 4.90 Å². The van der Waals surface area contributed by atoms with E-state index in [1.54, 1.807) is 0 Å². The van der Waals surface area contributed by atoms with Gasteiger partial charge in [-0.15, -0.1) is 0 Å². The molecule has 0 N–H and O–H groups in total. The summed E-state index contributed by atoms with van der Waals surface area (Å²) in [6.45, 7) is 0.424. The molecular weight excluding hydrogens is 251 g/mol. The van der Waals surface area contributed by atoms with Crippen LogP contribution in [0, 0.1) is 5.82 Å². The number of halogens is 1. The third-order valence-corrected chi connectivity index (χ3v) is 3.56. The van der Waals surface area contributed by atoms with Crippen molar-refractivity contribution in [1.82, 2.24) is 0 Å². The van der Waals surface area contributed by atoms with Gasteiger partial charge >= 0.3 is 0 Å². The molecule has 2 aromatic rings. The summed E-state index contributed by atoms with van der Waals surface area (Å²) in [7, 11) is -1.25. The molecule has 0 aliphatic rings. The summed E-state index contributed by atoms with van der Waals surface area (Å²) < 4.78 is 29.9. The van der Waals surface area contributed by atoms with Gasteiger partial charge in [0.2, 0.25) is 0 Å². The molecule has 0 bridgehead atoms. The molecule has 2 rings (SSSR count). The number of ether oxygens (including phenoxy) is 1. The summed E-state index contributed by atoms with van der Waals surface area (Å²) in [5, 5.41) is 0. The maximum atomic E-state index is 12.7. The predicted molar refractivity (Wildman–Crippen MR) is 68.9 cm³/mol. The number of benzene rings is 2.